The molecule has 0 saturated carbocycles. The van der Waals surface area contributed by atoms with Crippen molar-refractivity contribution in [1.29, 1.82) is 0 Å². The van der Waals surface area contributed by atoms with Gasteiger partial charge in [-0.2, -0.15) is 4.31 Å². The molecule has 0 aliphatic carbocycles. The van der Waals surface area contributed by atoms with Crippen molar-refractivity contribution in [2.45, 2.75) is 16.7 Å². The van der Waals surface area contributed by atoms with Crippen LogP contribution in [0.3, 0.4) is 0 Å². The monoisotopic (exact) mass is 417 g/mol. The molecule has 118 valence electrons. The van der Waals surface area contributed by atoms with Gasteiger partial charge in [0.15, 0.2) is 9.84 Å². The predicted molar refractivity (Wildman–Crippen MR) is 80.6 cm³/mol. The number of sulfone groups is 1. The topological polar surface area (TPSA) is 109 Å². The number of carboxylic acid groups (broad SMARTS) is 1. The maximum Gasteiger partial charge on any atom is 0.318 e. The van der Waals surface area contributed by atoms with E-state index in [4.69, 9.17) is 5.11 Å². The van der Waals surface area contributed by atoms with E-state index in [0.717, 1.165) is 15.6 Å². The molecule has 0 spiro atoms. The van der Waals surface area contributed by atoms with Gasteiger partial charge in [0.2, 0.25) is 0 Å². The summed E-state index contributed by atoms with van der Waals surface area (Å²) in [7, 11) is -7.38. The maximum absolute atomic E-state index is 12.6. The normalized spacial score (nSPS) is 21.7. The van der Waals surface area contributed by atoms with Crippen molar-refractivity contribution in [1.82, 2.24) is 4.31 Å². The lowest BCUT2D eigenvalue weighted by molar-refractivity contribution is -0.137. The predicted octanol–water partition coefficient (Wildman–Crippen LogP) is 0.773. The standard InChI is InChI=1S/C10H12BrNO6S3/c11-8-1-3-19-10(8)21(17,18)12(5-9(13)14)7-2-4-20(15,16)6-7/h1,3,7H,2,4-6H2,(H,13,14). The maximum atomic E-state index is 12.6. The number of hydrogen-bond acceptors (Lipinski definition) is 6. The lowest BCUT2D eigenvalue weighted by atomic mass is 10.2. The van der Waals surface area contributed by atoms with Crippen LogP contribution in [-0.2, 0) is 24.7 Å². The van der Waals surface area contributed by atoms with Crippen molar-refractivity contribution < 1.29 is 26.7 Å². The smallest absolute Gasteiger partial charge is 0.318 e. The summed E-state index contributed by atoms with van der Waals surface area (Å²) in [6.45, 7) is -0.757. The summed E-state index contributed by atoms with van der Waals surface area (Å²) in [6.07, 6.45) is 0.109. The van der Waals surface area contributed by atoms with E-state index in [2.05, 4.69) is 15.9 Å². The average Bonchev–Trinajstić information content (AvgIpc) is 2.92. The second kappa shape index (κ2) is 5.95. The molecule has 0 radical (unpaired) electrons. The third kappa shape index (κ3) is 3.65. The van der Waals surface area contributed by atoms with Gasteiger partial charge in [-0.3, -0.25) is 4.79 Å². The number of halogens is 1. The average molecular weight is 418 g/mol. The van der Waals surface area contributed by atoms with Gasteiger partial charge in [-0.25, -0.2) is 16.8 Å². The number of aliphatic carboxylic acids is 1. The quantitative estimate of drug-likeness (QED) is 0.757. The fraction of sp³-hybridized carbons (Fsp3) is 0.500. The van der Waals surface area contributed by atoms with Gasteiger partial charge in [-0.15, -0.1) is 11.3 Å². The van der Waals surface area contributed by atoms with Crippen LogP contribution in [0.1, 0.15) is 6.42 Å². The Kier molecular flexibility index (Phi) is 4.78. The number of rotatable bonds is 5. The zero-order valence-electron chi connectivity index (χ0n) is 10.6. The molecular weight excluding hydrogens is 406 g/mol. The van der Waals surface area contributed by atoms with Crippen LogP contribution in [0.15, 0.2) is 20.1 Å². The molecule has 1 unspecified atom stereocenters. The first-order valence-corrected chi connectivity index (χ1v) is 10.7. The Bertz CT molecular complexity index is 754. The summed E-state index contributed by atoms with van der Waals surface area (Å²) < 4.78 is 49.4. The van der Waals surface area contributed by atoms with Gasteiger partial charge in [0.1, 0.15) is 10.8 Å². The second-order valence-corrected chi connectivity index (χ2v) is 10.6. The van der Waals surface area contributed by atoms with Crippen LogP contribution in [0.25, 0.3) is 0 Å². The lowest BCUT2D eigenvalue weighted by Crippen LogP contribution is -2.43. The fourth-order valence-corrected chi connectivity index (χ4v) is 7.97. The van der Waals surface area contributed by atoms with Crippen molar-refractivity contribution in [2.75, 3.05) is 18.1 Å². The Labute approximate surface area is 134 Å². The van der Waals surface area contributed by atoms with Gasteiger partial charge < -0.3 is 5.11 Å². The highest BCUT2D eigenvalue weighted by Crippen LogP contribution is 2.32. The number of thiophene rings is 1. The lowest BCUT2D eigenvalue weighted by Gasteiger charge is -2.25. The first-order chi connectivity index (χ1) is 9.63. The summed E-state index contributed by atoms with van der Waals surface area (Å²) >= 11 is 4.06. The molecule has 2 heterocycles. The minimum absolute atomic E-state index is 0.0203. The van der Waals surface area contributed by atoms with Gasteiger partial charge in [0, 0.05) is 10.5 Å². The first kappa shape index (κ1) is 16.9. The van der Waals surface area contributed by atoms with Crippen LogP contribution in [-0.4, -0.2) is 56.3 Å². The third-order valence-corrected chi connectivity index (χ3v) is 9.33. The molecule has 1 N–H and O–H groups in total. The Hall–Kier alpha value is -0.490. The molecule has 1 fully saturated rings. The summed E-state index contributed by atoms with van der Waals surface area (Å²) in [5, 5.41) is 10.5. The van der Waals surface area contributed by atoms with Crippen LogP contribution >= 0.6 is 27.3 Å². The largest absolute Gasteiger partial charge is 0.480 e. The SMILES string of the molecule is O=C(O)CN(C1CCS(=O)(=O)C1)S(=O)(=O)c1sccc1Br. The van der Waals surface area contributed by atoms with E-state index in [9.17, 15) is 21.6 Å². The molecule has 1 aliphatic rings. The van der Waals surface area contributed by atoms with Crippen molar-refractivity contribution in [2.24, 2.45) is 0 Å². The number of nitrogens with zero attached hydrogens (tertiary/aromatic N) is 1. The van der Waals surface area contributed by atoms with Gasteiger partial charge in [-0.05, 0) is 33.8 Å². The van der Waals surface area contributed by atoms with Gasteiger partial charge in [-0.1, -0.05) is 0 Å². The van der Waals surface area contributed by atoms with Crippen molar-refractivity contribution in [3.8, 4) is 0 Å². The third-order valence-electron chi connectivity index (χ3n) is 3.03. The zero-order valence-corrected chi connectivity index (χ0v) is 14.6. The van der Waals surface area contributed by atoms with Crippen molar-refractivity contribution in [3.63, 3.8) is 0 Å². The van der Waals surface area contributed by atoms with E-state index in [1.165, 1.54) is 0 Å². The summed E-state index contributed by atoms with van der Waals surface area (Å²) in [6, 6.07) is 0.701. The Morgan fingerprint density at radius 3 is 2.62 bits per heavy atom. The number of hydrogen-bond donors (Lipinski definition) is 1. The summed E-state index contributed by atoms with van der Waals surface area (Å²) in [5.74, 6) is -1.80. The minimum Gasteiger partial charge on any atom is -0.480 e. The molecule has 7 nitrogen and oxygen atoms in total. The second-order valence-electron chi connectivity index (χ2n) is 4.56. The summed E-state index contributed by atoms with van der Waals surface area (Å²) in [4.78, 5) is 11.0. The number of carbonyl (C=O) groups is 1. The fourth-order valence-electron chi connectivity index (χ4n) is 2.12. The molecule has 0 amide bonds. The van der Waals surface area contributed by atoms with E-state index >= 15 is 0 Å². The molecule has 0 bridgehead atoms. The van der Waals surface area contributed by atoms with Gasteiger partial charge >= 0.3 is 5.97 Å². The molecule has 1 aliphatic heterocycles. The highest BCUT2D eigenvalue weighted by atomic mass is 79.9. The van der Waals surface area contributed by atoms with E-state index in [-0.39, 0.29) is 22.1 Å². The molecule has 1 saturated heterocycles. The van der Waals surface area contributed by atoms with Crippen molar-refractivity contribution >= 4 is 53.1 Å². The first-order valence-electron chi connectivity index (χ1n) is 5.80. The van der Waals surface area contributed by atoms with Gasteiger partial charge in [0.05, 0.1) is 11.5 Å². The zero-order chi connectivity index (χ0) is 15.8. The van der Waals surface area contributed by atoms with Crippen LogP contribution in [0.5, 0.6) is 0 Å². The molecule has 21 heavy (non-hydrogen) atoms. The van der Waals surface area contributed by atoms with Crippen LogP contribution in [0.4, 0.5) is 0 Å². The Balaban J connectivity index is 2.41. The van der Waals surface area contributed by atoms with E-state index in [0.29, 0.717) is 4.47 Å². The van der Waals surface area contributed by atoms with Crippen LogP contribution < -0.4 is 0 Å². The molecule has 2 rings (SSSR count). The number of carboxylic acids is 1. The van der Waals surface area contributed by atoms with E-state index in [1.54, 1.807) is 11.4 Å². The molecule has 1 aromatic heterocycles. The van der Waals surface area contributed by atoms with Crippen LogP contribution in [0.2, 0.25) is 0 Å². The number of sulfonamides is 1. The highest BCUT2D eigenvalue weighted by molar-refractivity contribution is 9.10. The van der Waals surface area contributed by atoms with Crippen molar-refractivity contribution in [3.05, 3.63) is 15.9 Å². The van der Waals surface area contributed by atoms with Crippen LogP contribution in [0, 0.1) is 0 Å². The molecule has 11 heteroatoms. The molecule has 1 atom stereocenters. The van der Waals surface area contributed by atoms with Gasteiger partial charge in [0.25, 0.3) is 10.0 Å². The molecular formula is C10H12BrNO6S3. The Morgan fingerprint density at radius 1 is 1.52 bits per heavy atom. The minimum atomic E-state index is -4.06. The van der Waals surface area contributed by atoms with E-state index in [1.807, 2.05) is 0 Å². The van der Waals surface area contributed by atoms with E-state index < -0.39 is 38.4 Å². The molecule has 1 aromatic rings. The Morgan fingerprint density at radius 2 is 2.19 bits per heavy atom. The molecule has 0 aromatic carbocycles. The highest BCUT2D eigenvalue weighted by Gasteiger charge is 2.40. The summed E-state index contributed by atoms with van der Waals surface area (Å²) in [5.41, 5.74) is 0.